The minimum absolute atomic E-state index is 0.638. The van der Waals surface area contributed by atoms with Gasteiger partial charge in [0.05, 0.1) is 25.5 Å². The van der Waals surface area contributed by atoms with Crippen LogP contribution in [0.25, 0.3) is 11.3 Å². The van der Waals surface area contributed by atoms with Crippen molar-refractivity contribution < 1.29 is 9.47 Å². The van der Waals surface area contributed by atoms with Crippen LogP contribution in [0.3, 0.4) is 0 Å². The maximum Gasteiger partial charge on any atom is 0.228 e. The first-order valence-corrected chi connectivity index (χ1v) is 11.3. The zero-order valence-electron chi connectivity index (χ0n) is 19.0. The lowest BCUT2D eigenvalue weighted by atomic mass is 10.1. The standard InChI is InChI=1S/C25H27N7O2/c1-27-21-14-18(2-3-19(21)16-26)22-15-23(31-25(30-22)32-9-12-33-13-10-32)29-20-6-4-17(5-7-20)24-28-8-11-34-24/h2-7,14-16,26-27H,8-13H2,1H3,(H,29,30,31). The Balaban J connectivity index is 1.48. The first-order valence-electron chi connectivity index (χ1n) is 11.3. The van der Waals surface area contributed by atoms with Crippen molar-refractivity contribution in [3.8, 4) is 11.3 Å². The van der Waals surface area contributed by atoms with Crippen molar-refractivity contribution in [1.29, 1.82) is 5.41 Å². The number of benzene rings is 2. The monoisotopic (exact) mass is 457 g/mol. The van der Waals surface area contributed by atoms with Gasteiger partial charge in [0.15, 0.2) is 0 Å². The molecule has 9 heteroatoms. The number of aliphatic imine (C=N–C) groups is 1. The van der Waals surface area contributed by atoms with Gasteiger partial charge in [-0.15, -0.1) is 0 Å². The van der Waals surface area contributed by atoms with Gasteiger partial charge < -0.3 is 30.4 Å². The minimum atomic E-state index is 0.638. The van der Waals surface area contributed by atoms with E-state index >= 15 is 0 Å². The second-order valence-corrected chi connectivity index (χ2v) is 7.97. The highest BCUT2D eigenvalue weighted by atomic mass is 16.5. The third-order valence-corrected chi connectivity index (χ3v) is 5.77. The number of nitrogens with one attached hydrogen (secondary N) is 3. The molecule has 9 nitrogen and oxygen atoms in total. The second-order valence-electron chi connectivity index (χ2n) is 7.97. The first kappa shape index (κ1) is 21.8. The Bertz CT molecular complexity index is 1200. The van der Waals surface area contributed by atoms with E-state index in [2.05, 4.69) is 20.5 Å². The molecule has 0 bridgehead atoms. The first-order chi connectivity index (χ1) is 16.7. The lowest BCUT2D eigenvalue weighted by molar-refractivity contribution is 0.122. The van der Waals surface area contributed by atoms with Crippen LogP contribution >= 0.6 is 0 Å². The Labute approximate surface area is 198 Å². The van der Waals surface area contributed by atoms with Gasteiger partial charge in [-0.2, -0.15) is 4.98 Å². The van der Waals surface area contributed by atoms with Crippen LogP contribution in [0, 0.1) is 5.41 Å². The van der Waals surface area contributed by atoms with Crippen molar-refractivity contribution in [2.24, 2.45) is 4.99 Å². The molecule has 0 radical (unpaired) electrons. The molecule has 2 aliphatic rings. The Hall–Kier alpha value is -3.98. The summed E-state index contributed by atoms with van der Waals surface area (Å²) in [6, 6.07) is 15.8. The number of anilines is 4. The van der Waals surface area contributed by atoms with Gasteiger partial charge in [-0.1, -0.05) is 12.1 Å². The summed E-state index contributed by atoms with van der Waals surface area (Å²) < 4.78 is 11.1. The molecule has 3 heterocycles. The summed E-state index contributed by atoms with van der Waals surface area (Å²) in [4.78, 5) is 16.2. The quantitative estimate of drug-likeness (QED) is 0.466. The molecule has 0 aliphatic carbocycles. The van der Waals surface area contributed by atoms with Gasteiger partial charge in [0, 0.05) is 60.5 Å². The molecular formula is C25H27N7O2. The predicted octanol–water partition coefficient (Wildman–Crippen LogP) is 3.54. The average molecular weight is 458 g/mol. The molecule has 1 fully saturated rings. The molecule has 34 heavy (non-hydrogen) atoms. The Morgan fingerprint density at radius 3 is 2.47 bits per heavy atom. The number of hydrogen-bond donors (Lipinski definition) is 3. The molecule has 0 spiro atoms. The fourth-order valence-electron chi connectivity index (χ4n) is 3.96. The van der Waals surface area contributed by atoms with Crippen LogP contribution in [-0.4, -0.2) is 68.6 Å². The Kier molecular flexibility index (Phi) is 6.35. The van der Waals surface area contributed by atoms with Crippen LogP contribution in [0.2, 0.25) is 0 Å². The highest BCUT2D eigenvalue weighted by molar-refractivity contribution is 5.95. The number of ether oxygens (including phenoxy) is 2. The van der Waals surface area contributed by atoms with E-state index in [4.69, 9.17) is 24.9 Å². The SMILES string of the molecule is CNc1cc(-c2cc(Nc3ccc(C4=NCCO4)cc3)nc(N3CCOCC3)n2)ccc1C=N. The molecule has 1 saturated heterocycles. The van der Waals surface area contributed by atoms with Crippen molar-refractivity contribution in [1.82, 2.24) is 9.97 Å². The largest absolute Gasteiger partial charge is 0.476 e. The van der Waals surface area contributed by atoms with Crippen molar-refractivity contribution in [3.63, 3.8) is 0 Å². The van der Waals surface area contributed by atoms with Gasteiger partial charge >= 0.3 is 0 Å². The van der Waals surface area contributed by atoms with Crippen LogP contribution in [0.15, 0.2) is 53.5 Å². The van der Waals surface area contributed by atoms with E-state index in [0.717, 1.165) is 46.8 Å². The van der Waals surface area contributed by atoms with Gasteiger partial charge in [-0.05, 0) is 30.3 Å². The highest BCUT2D eigenvalue weighted by Gasteiger charge is 2.17. The van der Waals surface area contributed by atoms with Crippen LogP contribution in [0.5, 0.6) is 0 Å². The molecule has 0 unspecified atom stereocenters. The van der Waals surface area contributed by atoms with E-state index in [0.29, 0.717) is 44.0 Å². The molecule has 0 saturated carbocycles. The molecule has 0 atom stereocenters. The minimum Gasteiger partial charge on any atom is -0.476 e. The summed E-state index contributed by atoms with van der Waals surface area (Å²) >= 11 is 0. The van der Waals surface area contributed by atoms with Gasteiger partial charge in [-0.3, -0.25) is 0 Å². The van der Waals surface area contributed by atoms with Crippen LogP contribution in [0.1, 0.15) is 11.1 Å². The molecule has 2 aromatic carbocycles. The van der Waals surface area contributed by atoms with E-state index in [9.17, 15) is 0 Å². The van der Waals surface area contributed by atoms with E-state index in [1.165, 1.54) is 6.21 Å². The van der Waals surface area contributed by atoms with E-state index in [1.807, 2.05) is 55.6 Å². The van der Waals surface area contributed by atoms with Crippen molar-refractivity contribution in [3.05, 3.63) is 59.7 Å². The van der Waals surface area contributed by atoms with Gasteiger partial charge in [0.1, 0.15) is 12.4 Å². The molecule has 174 valence electrons. The van der Waals surface area contributed by atoms with Gasteiger partial charge in [-0.25, -0.2) is 9.98 Å². The normalized spacial score (nSPS) is 15.4. The van der Waals surface area contributed by atoms with Crippen LogP contribution in [0.4, 0.5) is 23.1 Å². The molecule has 1 aromatic heterocycles. The molecule has 5 rings (SSSR count). The van der Waals surface area contributed by atoms with Crippen LogP contribution in [-0.2, 0) is 9.47 Å². The summed E-state index contributed by atoms with van der Waals surface area (Å²) in [7, 11) is 1.85. The fourth-order valence-corrected chi connectivity index (χ4v) is 3.96. The van der Waals surface area contributed by atoms with Crippen LogP contribution < -0.4 is 15.5 Å². The zero-order valence-corrected chi connectivity index (χ0v) is 19.0. The third-order valence-electron chi connectivity index (χ3n) is 5.77. The second kappa shape index (κ2) is 9.88. The number of morpholine rings is 1. The van der Waals surface area contributed by atoms with Crippen molar-refractivity contribution in [2.45, 2.75) is 0 Å². The summed E-state index contributed by atoms with van der Waals surface area (Å²) in [6.45, 7) is 4.14. The molecule has 0 amide bonds. The molecule has 3 aromatic rings. The van der Waals surface area contributed by atoms with Gasteiger partial charge in [0.2, 0.25) is 11.8 Å². The maximum atomic E-state index is 7.63. The lowest BCUT2D eigenvalue weighted by Crippen LogP contribution is -2.37. The fraction of sp³-hybridized carbons (Fsp3) is 0.280. The molecule has 2 aliphatic heterocycles. The van der Waals surface area contributed by atoms with Crippen molar-refractivity contribution >= 4 is 35.3 Å². The highest BCUT2D eigenvalue weighted by Crippen LogP contribution is 2.28. The summed E-state index contributed by atoms with van der Waals surface area (Å²) in [5.74, 6) is 2.06. The predicted molar refractivity (Wildman–Crippen MR) is 135 cm³/mol. The lowest BCUT2D eigenvalue weighted by Gasteiger charge is -2.27. The van der Waals surface area contributed by atoms with E-state index in [1.54, 1.807) is 0 Å². The summed E-state index contributed by atoms with van der Waals surface area (Å²) in [5.41, 5.74) is 5.32. The maximum absolute atomic E-state index is 7.63. The Morgan fingerprint density at radius 1 is 0.971 bits per heavy atom. The van der Waals surface area contributed by atoms with Gasteiger partial charge in [0.25, 0.3) is 0 Å². The van der Waals surface area contributed by atoms with E-state index < -0.39 is 0 Å². The zero-order chi connectivity index (χ0) is 23.3. The summed E-state index contributed by atoms with van der Waals surface area (Å²) in [5, 5.41) is 14.2. The third kappa shape index (κ3) is 4.69. The van der Waals surface area contributed by atoms with E-state index in [-0.39, 0.29) is 0 Å². The van der Waals surface area contributed by atoms with Crippen molar-refractivity contribution in [2.75, 3.05) is 62.0 Å². The number of hydrogen-bond acceptors (Lipinski definition) is 9. The number of nitrogens with zero attached hydrogens (tertiary/aromatic N) is 4. The average Bonchev–Trinajstić information content (AvgIpc) is 3.44. The number of rotatable bonds is 7. The topological polar surface area (TPSA) is 108 Å². The molecule has 3 N–H and O–H groups in total. The smallest absolute Gasteiger partial charge is 0.228 e. The number of aromatic nitrogens is 2. The summed E-state index contributed by atoms with van der Waals surface area (Å²) in [6.07, 6.45) is 1.34. The Morgan fingerprint density at radius 2 is 1.76 bits per heavy atom. The molecular weight excluding hydrogens is 430 g/mol.